The van der Waals surface area contributed by atoms with Crippen molar-refractivity contribution < 1.29 is 4.79 Å². The maximum Gasteiger partial charge on any atom is 0.242 e. The smallest absolute Gasteiger partial charge is 0.242 e. The highest BCUT2D eigenvalue weighted by Crippen LogP contribution is 2.10. The van der Waals surface area contributed by atoms with E-state index in [0.29, 0.717) is 12.2 Å². The fraction of sp³-hybridized carbons (Fsp3) is 0.167. The zero-order valence-electron chi connectivity index (χ0n) is 10.5. The molecular formula is C12H12N6OS. The predicted octanol–water partition coefficient (Wildman–Crippen LogP) is 0.842. The predicted molar refractivity (Wildman–Crippen MR) is 73.3 cm³/mol. The van der Waals surface area contributed by atoms with E-state index in [1.54, 1.807) is 45.4 Å². The third kappa shape index (κ3) is 2.91. The quantitative estimate of drug-likeness (QED) is 0.754. The van der Waals surface area contributed by atoms with E-state index in [9.17, 15) is 4.79 Å². The number of thiophene rings is 1. The molecule has 0 aliphatic rings. The van der Waals surface area contributed by atoms with Crippen LogP contribution in [0.5, 0.6) is 0 Å². The van der Waals surface area contributed by atoms with Crippen LogP contribution in [0.4, 0.5) is 0 Å². The third-order valence-electron chi connectivity index (χ3n) is 2.64. The SMILES string of the molecule is O=C(Cn1cccn1)NCc1cn(-c2ccsc2)nn1. The van der Waals surface area contributed by atoms with Gasteiger partial charge in [0.1, 0.15) is 12.2 Å². The molecule has 0 aliphatic carbocycles. The average molecular weight is 288 g/mol. The fourth-order valence-electron chi connectivity index (χ4n) is 1.68. The fourth-order valence-corrected chi connectivity index (χ4v) is 2.30. The molecule has 3 rings (SSSR count). The van der Waals surface area contributed by atoms with Gasteiger partial charge in [-0.05, 0) is 17.5 Å². The number of aromatic nitrogens is 5. The Kier molecular flexibility index (Phi) is 3.55. The van der Waals surface area contributed by atoms with Gasteiger partial charge in [0.2, 0.25) is 5.91 Å². The Labute approximate surface area is 118 Å². The molecule has 1 N–H and O–H groups in total. The summed E-state index contributed by atoms with van der Waals surface area (Å²) in [5.41, 5.74) is 1.68. The lowest BCUT2D eigenvalue weighted by atomic mass is 10.4. The van der Waals surface area contributed by atoms with Crippen molar-refractivity contribution in [1.82, 2.24) is 30.1 Å². The van der Waals surface area contributed by atoms with Crippen LogP contribution in [0, 0.1) is 0 Å². The van der Waals surface area contributed by atoms with Crippen LogP contribution in [0.1, 0.15) is 5.69 Å². The molecule has 0 saturated heterocycles. The van der Waals surface area contributed by atoms with Gasteiger partial charge in [-0.2, -0.15) is 16.4 Å². The van der Waals surface area contributed by atoms with Crippen LogP contribution in [0.25, 0.3) is 5.69 Å². The van der Waals surface area contributed by atoms with E-state index in [-0.39, 0.29) is 12.5 Å². The van der Waals surface area contributed by atoms with E-state index >= 15 is 0 Å². The highest BCUT2D eigenvalue weighted by Gasteiger charge is 2.06. The van der Waals surface area contributed by atoms with Crippen molar-refractivity contribution in [3.63, 3.8) is 0 Å². The molecule has 0 fully saturated rings. The van der Waals surface area contributed by atoms with Gasteiger partial charge in [0, 0.05) is 17.8 Å². The molecule has 3 aromatic heterocycles. The zero-order chi connectivity index (χ0) is 13.8. The molecule has 8 heteroatoms. The summed E-state index contributed by atoms with van der Waals surface area (Å²) in [6.07, 6.45) is 5.18. The van der Waals surface area contributed by atoms with Crippen LogP contribution >= 0.6 is 11.3 Å². The maximum atomic E-state index is 11.7. The van der Waals surface area contributed by atoms with E-state index < -0.39 is 0 Å². The van der Waals surface area contributed by atoms with Gasteiger partial charge in [-0.1, -0.05) is 5.21 Å². The first-order valence-electron chi connectivity index (χ1n) is 5.99. The maximum absolute atomic E-state index is 11.7. The van der Waals surface area contributed by atoms with Crippen LogP contribution in [0.15, 0.2) is 41.5 Å². The minimum Gasteiger partial charge on any atom is -0.349 e. The second-order valence-corrected chi connectivity index (χ2v) is 4.90. The minimum atomic E-state index is -0.112. The van der Waals surface area contributed by atoms with Gasteiger partial charge in [-0.3, -0.25) is 9.48 Å². The Hall–Kier alpha value is -2.48. The Morgan fingerprint density at radius 1 is 1.45 bits per heavy atom. The van der Waals surface area contributed by atoms with E-state index in [1.165, 1.54) is 0 Å². The van der Waals surface area contributed by atoms with Crippen molar-refractivity contribution in [1.29, 1.82) is 0 Å². The van der Waals surface area contributed by atoms with Crippen LogP contribution in [-0.4, -0.2) is 30.7 Å². The molecule has 7 nitrogen and oxygen atoms in total. The van der Waals surface area contributed by atoms with E-state index in [1.807, 2.05) is 16.8 Å². The van der Waals surface area contributed by atoms with Gasteiger partial charge in [0.25, 0.3) is 0 Å². The van der Waals surface area contributed by atoms with Gasteiger partial charge < -0.3 is 5.32 Å². The summed E-state index contributed by atoms with van der Waals surface area (Å²) in [6.45, 7) is 0.551. The van der Waals surface area contributed by atoms with Crippen molar-refractivity contribution in [3.05, 3.63) is 47.2 Å². The lowest BCUT2D eigenvalue weighted by Gasteiger charge is -2.02. The second kappa shape index (κ2) is 5.66. The second-order valence-electron chi connectivity index (χ2n) is 4.12. The molecule has 0 saturated carbocycles. The highest BCUT2D eigenvalue weighted by molar-refractivity contribution is 7.08. The Balaban J connectivity index is 1.55. The van der Waals surface area contributed by atoms with Crippen molar-refractivity contribution in [2.75, 3.05) is 0 Å². The minimum absolute atomic E-state index is 0.112. The molecule has 0 bridgehead atoms. The summed E-state index contributed by atoms with van der Waals surface area (Å²) < 4.78 is 3.25. The molecule has 0 spiro atoms. The lowest BCUT2D eigenvalue weighted by Crippen LogP contribution is -2.27. The van der Waals surface area contributed by atoms with Crippen LogP contribution in [-0.2, 0) is 17.9 Å². The molecule has 3 heterocycles. The normalized spacial score (nSPS) is 10.6. The number of nitrogens with zero attached hydrogens (tertiary/aromatic N) is 5. The summed E-state index contributed by atoms with van der Waals surface area (Å²) >= 11 is 1.60. The molecule has 3 aromatic rings. The first-order chi connectivity index (χ1) is 9.81. The number of carbonyl (C=O) groups is 1. The summed E-state index contributed by atoms with van der Waals surface area (Å²) in [5.74, 6) is -0.112. The Bertz CT molecular complexity index is 673. The molecule has 1 amide bonds. The molecule has 20 heavy (non-hydrogen) atoms. The largest absolute Gasteiger partial charge is 0.349 e. The first-order valence-corrected chi connectivity index (χ1v) is 6.93. The third-order valence-corrected chi connectivity index (χ3v) is 3.31. The molecule has 102 valence electrons. The average Bonchev–Trinajstić information content (AvgIpc) is 3.18. The standard InChI is InChI=1S/C12H12N6OS/c19-12(8-17-4-1-3-14-17)13-6-10-7-18(16-15-10)11-2-5-20-9-11/h1-5,7,9H,6,8H2,(H,13,19). The van der Waals surface area contributed by atoms with Gasteiger partial charge in [0.05, 0.1) is 18.4 Å². The molecule has 0 aliphatic heterocycles. The van der Waals surface area contributed by atoms with Gasteiger partial charge in [-0.15, -0.1) is 5.10 Å². The monoisotopic (exact) mass is 288 g/mol. The van der Waals surface area contributed by atoms with E-state index in [0.717, 1.165) is 5.69 Å². The van der Waals surface area contributed by atoms with Crippen molar-refractivity contribution >= 4 is 17.2 Å². The number of hydrogen-bond donors (Lipinski definition) is 1. The summed E-state index contributed by atoms with van der Waals surface area (Å²) in [7, 11) is 0. The van der Waals surface area contributed by atoms with Gasteiger partial charge in [0.15, 0.2) is 0 Å². The number of nitrogens with one attached hydrogen (secondary N) is 1. The van der Waals surface area contributed by atoms with Crippen LogP contribution in [0.3, 0.4) is 0 Å². The Morgan fingerprint density at radius 3 is 3.15 bits per heavy atom. The zero-order valence-corrected chi connectivity index (χ0v) is 11.3. The highest BCUT2D eigenvalue weighted by atomic mass is 32.1. The summed E-state index contributed by atoms with van der Waals surface area (Å²) in [6, 6.07) is 3.74. The van der Waals surface area contributed by atoms with E-state index in [4.69, 9.17) is 0 Å². The van der Waals surface area contributed by atoms with Crippen molar-refractivity contribution in [3.8, 4) is 5.69 Å². The topological polar surface area (TPSA) is 77.6 Å². The van der Waals surface area contributed by atoms with Gasteiger partial charge >= 0.3 is 0 Å². The molecule has 0 aromatic carbocycles. The number of hydrogen-bond acceptors (Lipinski definition) is 5. The van der Waals surface area contributed by atoms with Crippen LogP contribution in [0.2, 0.25) is 0 Å². The number of rotatable bonds is 5. The molecule has 0 unspecified atom stereocenters. The van der Waals surface area contributed by atoms with Crippen molar-refractivity contribution in [2.45, 2.75) is 13.1 Å². The number of amides is 1. The molecular weight excluding hydrogens is 276 g/mol. The Morgan fingerprint density at radius 2 is 2.40 bits per heavy atom. The summed E-state index contributed by atoms with van der Waals surface area (Å²) in [5, 5.41) is 18.8. The van der Waals surface area contributed by atoms with E-state index in [2.05, 4.69) is 20.7 Å². The van der Waals surface area contributed by atoms with Crippen molar-refractivity contribution in [2.24, 2.45) is 0 Å². The molecule has 0 atom stereocenters. The number of carbonyl (C=O) groups excluding carboxylic acids is 1. The first kappa shape index (κ1) is 12.5. The van der Waals surface area contributed by atoms with Gasteiger partial charge in [-0.25, -0.2) is 4.68 Å². The lowest BCUT2D eigenvalue weighted by molar-refractivity contribution is -0.122. The van der Waals surface area contributed by atoms with Crippen LogP contribution < -0.4 is 5.32 Å². The summed E-state index contributed by atoms with van der Waals surface area (Å²) in [4.78, 5) is 11.7. The molecule has 0 radical (unpaired) electrons.